The fourth-order valence-electron chi connectivity index (χ4n) is 0.837. The Morgan fingerprint density at radius 3 is 2.38 bits per heavy atom. The van der Waals surface area contributed by atoms with Gasteiger partial charge in [0.05, 0.1) is 0 Å². The van der Waals surface area contributed by atoms with Gasteiger partial charge in [0.15, 0.2) is 18.2 Å². The zero-order valence-electron chi connectivity index (χ0n) is 7.70. The van der Waals surface area contributed by atoms with Crippen LogP contribution in [-0.4, -0.2) is 5.78 Å². The molecule has 0 aliphatic rings. The van der Waals surface area contributed by atoms with Gasteiger partial charge in [0.1, 0.15) is 7.05 Å². The lowest BCUT2D eigenvalue weighted by molar-refractivity contribution is -0.671. The van der Waals surface area contributed by atoms with Crippen LogP contribution in [-0.2, 0) is 11.8 Å². The van der Waals surface area contributed by atoms with Crippen LogP contribution < -0.4 is 28.5 Å². The van der Waals surface area contributed by atoms with Gasteiger partial charge in [0.2, 0.25) is 0 Å². The predicted octanol–water partition coefficient (Wildman–Crippen LogP) is -1.88. The number of pyridine rings is 1. The predicted molar refractivity (Wildman–Crippen MR) is 47.3 cm³/mol. The summed E-state index contributed by atoms with van der Waals surface area (Å²) >= 11 is 0. The number of aryl methyl sites for hydroxylation is 1. The van der Waals surface area contributed by atoms with Crippen molar-refractivity contribution in [1.29, 1.82) is 0 Å². The molecule has 1 aromatic heterocycles. The number of carbonyl (C=O) groups excluding carboxylic acids is 1. The largest absolute Gasteiger partial charge is 1.00 e. The van der Waals surface area contributed by atoms with Crippen LogP contribution in [0.25, 0.3) is 6.08 Å². The zero-order chi connectivity index (χ0) is 8.97. The van der Waals surface area contributed by atoms with Crippen molar-refractivity contribution in [2.45, 2.75) is 6.92 Å². The molecule has 1 rings (SSSR count). The van der Waals surface area contributed by atoms with Crippen LogP contribution in [0.5, 0.6) is 0 Å². The van der Waals surface area contributed by atoms with Crippen LogP contribution in [0.15, 0.2) is 30.6 Å². The van der Waals surface area contributed by atoms with E-state index in [-0.39, 0.29) is 29.8 Å². The topological polar surface area (TPSA) is 20.9 Å². The third kappa shape index (κ3) is 4.77. The van der Waals surface area contributed by atoms with E-state index in [4.69, 9.17) is 0 Å². The Kier molecular flexibility index (Phi) is 5.53. The molecule has 0 aromatic carbocycles. The molecular formula is C10H12INO. The fourth-order valence-corrected chi connectivity index (χ4v) is 0.837. The minimum atomic E-state index is 0. The van der Waals surface area contributed by atoms with Crippen LogP contribution in [0.3, 0.4) is 0 Å². The molecule has 2 nitrogen and oxygen atoms in total. The van der Waals surface area contributed by atoms with Crippen LogP contribution in [0.2, 0.25) is 0 Å². The highest BCUT2D eigenvalue weighted by Gasteiger charge is 1.91. The molecule has 0 N–H and O–H groups in total. The van der Waals surface area contributed by atoms with E-state index in [1.54, 1.807) is 13.0 Å². The van der Waals surface area contributed by atoms with Crippen molar-refractivity contribution in [3.8, 4) is 0 Å². The van der Waals surface area contributed by atoms with E-state index in [1.165, 1.54) is 0 Å². The fraction of sp³-hybridized carbons (Fsp3) is 0.200. The Hall–Kier alpha value is -0.710. The molecule has 0 spiro atoms. The van der Waals surface area contributed by atoms with E-state index >= 15 is 0 Å². The second kappa shape index (κ2) is 5.85. The Labute approximate surface area is 95.3 Å². The minimum absolute atomic E-state index is 0. The number of rotatable bonds is 2. The van der Waals surface area contributed by atoms with E-state index < -0.39 is 0 Å². The second-order valence-corrected chi connectivity index (χ2v) is 2.74. The number of nitrogens with zero attached hydrogens (tertiary/aromatic N) is 1. The molecule has 0 saturated heterocycles. The molecule has 0 saturated carbocycles. The lowest BCUT2D eigenvalue weighted by atomic mass is 10.2. The molecule has 0 aliphatic carbocycles. The number of allylic oxidation sites excluding steroid dienone is 1. The number of halogens is 1. The van der Waals surface area contributed by atoms with Crippen molar-refractivity contribution in [3.05, 3.63) is 36.2 Å². The van der Waals surface area contributed by atoms with Crippen molar-refractivity contribution >= 4 is 11.9 Å². The number of aromatic nitrogens is 1. The van der Waals surface area contributed by atoms with E-state index in [0.29, 0.717) is 0 Å². The summed E-state index contributed by atoms with van der Waals surface area (Å²) < 4.78 is 1.95. The van der Waals surface area contributed by atoms with Crippen LogP contribution in [0.1, 0.15) is 12.5 Å². The number of hydrogen-bond acceptors (Lipinski definition) is 1. The molecule has 13 heavy (non-hydrogen) atoms. The van der Waals surface area contributed by atoms with Gasteiger partial charge in [-0.2, -0.15) is 0 Å². The van der Waals surface area contributed by atoms with Gasteiger partial charge in [-0.1, -0.05) is 6.08 Å². The van der Waals surface area contributed by atoms with Gasteiger partial charge in [0.25, 0.3) is 0 Å². The maximum absolute atomic E-state index is 10.6. The van der Waals surface area contributed by atoms with Crippen molar-refractivity contribution in [3.63, 3.8) is 0 Å². The van der Waals surface area contributed by atoms with Gasteiger partial charge in [0, 0.05) is 12.1 Å². The minimum Gasteiger partial charge on any atom is -1.00 e. The Morgan fingerprint density at radius 2 is 1.92 bits per heavy atom. The standard InChI is InChI=1S/C10H12NO.HI/c1-9(12)3-4-10-5-7-11(2)8-6-10;/h3-8H,1-2H3;1H/q+1;/p-1/b4-3+;. The molecule has 3 heteroatoms. The first kappa shape index (κ1) is 12.3. The highest BCUT2D eigenvalue weighted by Crippen LogP contribution is 1.97. The van der Waals surface area contributed by atoms with Gasteiger partial charge in [-0.25, -0.2) is 4.57 Å². The van der Waals surface area contributed by atoms with Crippen LogP contribution >= 0.6 is 0 Å². The first-order valence-corrected chi connectivity index (χ1v) is 3.82. The molecule has 0 radical (unpaired) electrons. The zero-order valence-corrected chi connectivity index (χ0v) is 9.86. The Morgan fingerprint density at radius 1 is 1.38 bits per heavy atom. The highest BCUT2D eigenvalue weighted by atomic mass is 127. The molecular weight excluding hydrogens is 277 g/mol. The highest BCUT2D eigenvalue weighted by molar-refractivity contribution is 5.91. The van der Waals surface area contributed by atoms with E-state index in [1.807, 2.05) is 42.2 Å². The summed E-state index contributed by atoms with van der Waals surface area (Å²) in [6.45, 7) is 1.54. The lowest BCUT2D eigenvalue weighted by Crippen LogP contribution is -3.00. The van der Waals surface area contributed by atoms with Gasteiger partial charge >= 0.3 is 0 Å². The average Bonchev–Trinajstić information content (AvgIpc) is 2.03. The monoisotopic (exact) mass is 289 g/mol. The SMILES string of the molecule is CC(=O)/C=C/c1cc[n+](C)cc1.[I-]. The first-order valence-electron chi connectivity index (χ1n) is 3.82. The molecule has 0 fully saturated rings. The second-order valence-electron chi connectivity index (χ2n) is 2.74. The quantitative estimate of drug-likeness (QED) is 0.355. The summed E-state index contributed by atoms with van der Waals surface area (Å²) in [5.74, 6) is 0.0724. The van der Waals surface area contributed by atoms with Gasteiger partial charge in [-0.3, -0.25) is 4.79 Å². The Balaban J connectivity index is 0.00000144. The maximum atomic E-state index is 10.6. The number of carbonyl (C=O) groups is 1. The maximum Gasteiger partial charge on any atom is 0.169 e. The van der Waals surface area contributed by atoms with Crippen molar-refractivity contribution < 1.29 is 33.3 Å². The smallest absolute Gasteiger partial charge is 0.169 e. The molecule has 70 valence electrons. The van der Waals surface area contributed by atoms with Gasteiger partial charge < -0.3 is 24.0 Å². The van der Waals surface area contributed by atoms with Crippen molar-refractivity contribution in [1.82, 2.24) is 0 Å². The summed E-state index contributed by atoms with van der Waals surface area (Å²) in [6, 6.07) is 3.92. The third-order valence-electron chi connectivity index (χ3n) is 1.51. The molecule has 1 aromatic rings. The van der Waals surface area contributed by atoms with Gasteiger partial charge in [-0.05, 0) is 18.6 Å². The molecule has 0 unspecified atom stereocenters. The van der Waals surface area contributed by atoms with Gasteiger partial charge in [-0.15, -0.1) is 0 Å². The normalized spacial score (nSPS) is 9.69. The number of ketones is 1. The Bertz CT molecular complexity index is 303. The van der Waals surface area contributed by atoms with Crippen LogP contribution in [0.4, 0.5) is 0 Å². The summed E-state index contributed by atoms with van der Waals surface area (Å²) in [4.78, 5) is 10.6. The van der Waals surface area contributed by atoms with Crippen molar-refractivity contribution in [2.75, 3.05) is 0 Å². The lowest BCUT2D eigenvalue weighted by Gasteiger charge is -1.89. The van der Waals surface area contributed by atoms with E-state index in [0.717, 1.165) is 5.56 Å². The summed E-state index contributed by atoms with van der Waals surface area (Å²) in [5.41, 5.74) is 1.04. The molecule has 0 bridgehead atoms. The summed E-state index contributed by atoms with van der Waals surface area (Å²) in [6.07, 6.45) is 7.26. The first-order chi connectivity index (χ1) is 5.68. The summed E-state index contributed by atoms with van der Waals surface area (Å²) in [7, 11) is 1.96. The molecule has 0 amide bonds. The van der Waals surface area contributed by atoms with E-state index in [2.05, 4.69) is 0 Å². The molecule has 0 aliphatic heterocycles. The van der Waals surface area contributed by atoms with Crippen LogP contribution in [0, 0.1) is 0 Å². The third-order valence-corrected chi connectivity index (χ3v) is 1.51. The average molecular weight is 289 g/mol. The van der Waals surface area contributed by atoms with E-state index in [9.17, 15) is 4.79 Å². The number of hydrogen-bond donors (Lipinski definition) is 0. The summed E-state index contributed by atoms with van der Waals surface area (Å²) in [5, 5.41) is 0. The van der Waals surface area contributed by atoms with Crippen molar-refractivity contribution in [2.24, 2.45) is 7.05 Å². The molecule has 0 atom stereocenters. The molecule has 1 heterocycles.